The lowest BCUT2D eigenvalue weighted by atomic mass is 9.94. The van der Waals surface area contributed by atoms with Crippen LogP contribution in [0.3, 0.4) is 0 Å². The summed E-state index contributed by atoms with van der Waals surface area (Å²) < 4.78 is 5.36. The van der Waals surface area contributed by atoms with Crippen LogP contribution in [0.5, 0.6) is 0 Å². The van der Waals surface area contributed by atoms with Crippen LogP contribution in [-0.2, 0) is 6.42 Å². The molecule has 24 heavy (non-hydrogen) atoms. The molecule has 2 aromatic rings. The first-order valence-corrected chi connectivity index (χ1v) is 8.49. The van der Waals surface area contributed by atoms with E-state index in [0.29, 0.717) is 29.8 Å². The smallest absolute Gasteiger partial charge is 0.255 e. The van der Waals surface area contributed by atoms with E-state index in [1.54, 1.807) is 6.07 Å². The van der Waals surface area contributed by atoms with Gasteiger partial charge in [0.05, 0.1) is 5.56 Å². The predicted molar refractivity (Wildman–Crippen MR) is 85.7 cm³/mol. The molecule has 1 aliphatic carbocycles. The molecule has 2 fully saturated rings. The lowest BCUT2D eigenvalue weighted by Gasteiger charge is -2.32. The van der Waals surface area contributed by atoms with Gasteiger partial charge in [-0.2, -0.15) is 4.98 Å². The Morgan fingerprint density at radius 3 is 2.96 bits per heavy atom. The monoisotopic (exact) mass is 328 g/mol. The molecule has 1 amide bonds. The van der Waals surface area contributed by atoms with E-state index in [4.69, 9.17) is 4.52 Å². The zero-order chi connectivity index (χ0) is 16.5. The van der Waals surface area contributed by atoms with Crippen molar-refractivity contribution in [2.24, 2.45) is 5.92 Å². The molecule has 4 rings (SSSR count). The van der Waals surface area contributed by atoms with Crippen LogP contribution in [0.1, 0.15) is 53.7 Å². The first-order valence-electron chi connectivity index (χ1n) is 8.49. The number of likely N-dealkylation sites (tertiary alicyclic amines) is 1. The first kappa shape index (κ1) is 15.1. The lowest BCUT2D eigenvalue weighted by Crippen LogP contribution is -2.40. The summed E-state index contributed by atoms with van der Waals surface area (Å²) in [5, 5.41) is 4.05. The Morgan fingerprint density at radius 1 is 1.33 bits per heavy atom. The standard InChI is InChI=1S/C17H20N4O3/c22-14-6-5-13(9-18-14)17(23)21-7-1-2-11(10-21)8-15-19-16(20-24-15)12-3-4-12/h5-6,9,11-12H,1-4,7-8,10H2,(H,18,22)/t11-/m0/s1. The maximum absolute atomic E-state index is 12.6. The van der Waals surface area contributed by atoms with Gasteiger partial charge in [0.25, 0.3) is 5.91 Å². The Balaban J connectivity index is 1.40. The van der Waals surface area contributed by atoms with E-state index >= 15 is 0 Å². The number of carbonyl (C=O) groups is 1. The molecule has 2 aliphatic rings. The molecule has 0 unspecified atom stereocenters. The van der Waals surface area contributed by atoms with E-state index in [1.807, 2.05) is 4.90 Å². The van der Waals surface area contributed by atoms with E-state index in [1.165, 1.54) is 12.3 Å². The molecular weight excluding hydrogens is 308 g/mol. The van der Waals surface area contributed by atoms with Crippen LogP contribution < -0.4 is 5.56 Å². The largest absolute Gasteiger partial charge is 0.339 e. The number of H-pyrrole nitrogens is 1. The van der Waals surface area contributed by atoms with Gasteiger partial charge in [0.2, 0.25) is 11.4 Å². The molecular formula is C17H20N4O3. The van der Waals surface area contributed by atoms with Crippen LogP contribution in [0, 0.1) is 5.92 Å². The summed E-state index contributed by atoms with van der Waals surface area (Å²) in [6, 6.07) is 2.96. The number of nitrogens with zero attached hydrogens (tertiary/aromatic N) is 3. The number of amides is 1. The fourth-order valence-corrected chi connectivity index (χ4v) is 3.25. The van der Waals surface area contributed by atoms with Crippen molar-refractivity contribution in [3.63, 3.8) is 0 Å². The third-order valence-corrected chi connectivity index (χ3v) is 4.73. The number of piperidine rings is 1. The average molecular weight is 328 g/mol. The van der Waals surface area contributed by atoms with Crippen molar-refractivity contribution in [3.8, 4) is 0 Å². The molecule has 1 N–H and O–H groups in total. The fraction of sp³-hybridized carbons (Fsp3) is 0.529. The molecule has 126 valence electrons. The summed E-state index contributed by atoms with van der Waals surface area (Å²) in [4.78, 5) is 32.6. The summed E-state index contributed by atoms with van der Waals surface area (Å²) in [7, 11) is 0. The van der Waals surface area contributed by atoms with Crippen LogP contribution in [0.15, 0.2) is 27.6 Å². The minimum Gasteiger partial charge on any atom is -0.339 e. The van der Waals surface area contributed by atoms with Crippen LogP contribution in [0.25, 0.3) is 0 Å². The first-order chi connectivity index (χ1) is 11.7. The molecule has 0 aromatic carbocycles. The highest BCUT2D eigenvalue weighted by Gasteiger charge is 2.30. The summed E-state index contributed by atoms with van der Waals surface area (Å²) in [6.07, 6.45) is 6.52. The number of carbonyl (C=O) groups excluding carboxylic acids is 1. The van der Waals surface area contributed by atoms with Crippen LogP contribution in [0.2, 0.25) is 0 Å². The van der Waals surface area contributed by atoms with Gasteiger partial charge in [-0.05, 0) is 37.7 Å². The van der Waals surface area contributed by atoms with E-state index in [9.17, 15) is 9.59 Å². The van der Waals surface area contributed by atoms with Gasteiger partial charge in [0.1, 0.15) is 0 Å². The number of nitrogens with one attached hydrogen (secondary N) is 1. The van der Waals surface area contributed by atoms with Crippen LogP contribution >= 0.6 is 0 Å². The normalized spacial score (nSPS) is 21.0. The molecule has 1 atom stereocenters. The average Bonchev–Trinajstić information content (AvgIpc) is 3.35. The highest BCUT2D eigenvalue weighted by molar-refractivity contribution is 5.93. The molecule has 3 heterocycles. The number of aromatic amines is 1. The molecule has 0 radical (unpaired) electrons. The van der Waals surface area contributed by atoms with Gasteiger partial charge >= 0.3 is 0 Å². The van der Waals surface area contributed by atoms with Crippen LogP contribution in [0.4, 0.5) is 0 Å². The van der Waals surface area contributed by atoms with Gasteiger partial charge in [-0.1, -0.05) is 5.16 Å². The Hall–Kier alpha value is -2.44. The summed E-state index contributed by atoms with van der Waals surface area (Å²) in [5.74, 6) is 2.30. The predicted octanol–water partition coefficient (Wildman–Crippen LogP) is 1.73. The Morgan fingerprint density at radius 2 is 2.21 bits per heavy atom. The van der Waals surface area contributed by atoms with Crippen molar-refractivity contribution in [2.45, 2.75) is 38.0 Å². The Kier molecular flexibility index (Phi) is 3.92. The molecule has 0 spiro atoms. The second-order valence-corrected chi connectivity index (χ2v) is 6.73. The van der Waals surface area contributed by atoms with Crippen molar-refractivity contribution in [3.05, 3.63) is 46.0 Å². The van der Waals surface area contributed by atoms with Gasteiger partial charge in [0, 0.05) is 37.7 Å². The zero-order valence-electron chi connectivity index (χ0n) is 13.4. The van der Waals surface area contributed by atoms with Crippen molar-refractivity contribution in [2.75, 3.05) is 13.1 Å². The molecule has 1 aliphatic heterocycles. The number of aromatic nitrogens is 3. The Bertz CT molecular complexity index is 773. The maximum atomic E-state index is 12.6. The highest BCUT2D eigenvalue weighted by atomic mass is 16.5. The summed E-state index contributed by atoms with van der Waals surface area (Å²) >= 11 is 0. The molecule has 7 heteroatoms. The van der Waals surface area contributed by atoms with Gasteiger partial charge < -0.3 is 14.4 Å². The number of rotatable bonds is 4. The SMILES string of the molecule is O=C(c1ccc(=O)[nH]c1)N1CCC[C@@H](Cc2nc(C3CC3)no2)C1. The maximum Gasteiger partial charge on any atom is 0.255 e. The zero-order valence-corrected chi connectivity index (χ0v) is 13.4. The van der Waals surface area contributed by atoms with Crippen molar-refractivity contribution in [1.29, 1.82) is 0 Å². The number of pyridine rings is 1. The van der Waals surface area contributed by atoms with Gasteiger partial charge in [-0.3, -0.25) is 9.59 Å². The van der Waals surface area contributed by atoms with E-state index in [2.05, 4.69) is 15.1 Å². The van der Waals surface area contributed by atoms with E-state index in [-0.39, 0.29) is 11.5 Å². The number of hydrogen-bond donors (Lipinski definition) is 1. The van der Waals surface area contributed by atoms with E-state index < -0.39 is 0 Å². The summed E-state index contributed by atoms with van der Waals surface area (Å²) in [5.41, 5.74) is 0.315. The van der Waals surface area contributed by atoms with E-state index in [0.717, 1.165) is 44.5 Å². The van der Waals surface area contributed by atoms with Crippen LogP contribution in [-0.4, -0.2) is 39.0 Å². The minimum absolute atomic E-state index is 0.0415. The second kappa shape index (κ2) is 6.22. The van der Waals surface area contributed by atoms with Crippen molar-refractivity contribution in [1.82, 2.24) is 20.0 Å². The fourth-order valence-electron chi connectivity index (χ4n) is 3.25. The molecule has 1 saturated carbocycles. The third-order valence-electron chi connectivity index (χ3n) is 4.73. The summed E-state index contributed by atoms with van der Waals surface area (Å²) in [6.45, 7) is 1.42. The van der Waals surface area contributed by atoms with Crippen molar-refractivity contribution < 1.29 is 9.32 Å². The van der Waals surface area contributed by atoms with Gasteiger partial charge in [0.15, 0.2) is 5.82 Å². The third kappa shape index (κ3) is 3.25. The molecule has 7 nitrogen and oxygen atoms in total. The lowest BCUT2D eigenvalue weighted by molar-refractivity contribution is 0.0667. The molecule has 2 aromatic heterocycles. The van der Waals surface area contributed by atoms with Gasteiger partial charge in [-0.15, -0.1) is 0 Å². The number of hydrogen-bond acceptors (Lipinski definition) is 5. The highest BCUT2D eigenvalue weighted by Crippen LogP contribution is 2.38. The molecule has 1 saturated heterocycles. The quantitative estimate of drug-likeness (QED) is 0.923. The molecule has 0 bridgehead atoms. The van der Waals surface area contributed by atoms with Crippen molar-refractivity contribution >= 4 is 5.91 Å². The topological polar surface area (TPSA) is 92.1 Å². The Labute approximate surface area is 139 Å². The van der Waals surface area contributed by atoms with Gasteiger partial charge in [-0.25, -0.2) is 0 Å². The minimum atomic E-state index is -0.203. The second-order valence-electron chi connectivity index (χ2n) is 6.73.